The highest BCUT2D eigenvalue weighted by atomic mass is 16.5. The number of carbonyl (C=O) groups excluding carboxylic acids is 2. The molecule has 3 aromatic rings. The van der Waals surface area contributed by atoms with E-state index in [0.29, 0.717) is 23.3 Å². The van der Waals surface area contributed by atoms with Crippen molar-refractivity contribution < 1.29 is 18.7 Å². The molecule has 1 N–H and O–H groups in total. The molecule has 0 bridgehead atoms. The first-order valence-corrected chi connectivity index (χ1v) is 9.08. The number of esters is 1. The van der Waals surface area contributed by atoms with Crippen molar-refractivity contribution in [1.29, 1.82) is 0 Å². The quantitative estimate of drug-likeness (QED) is 0.663. The molecule has 0 unspecified atom stereocenters. The van der Waals surface area contributed by atoms with Gasteiger partial charge in [0.2, 0.25) is 0 Å². The Morgan fingerprint density at radius 3 is 2.54 bits per heavy atom. The van der Waals surface area contributed by atoms with Gasteiger partial charge in [0.25, 0.3) is 5.91 Å². The van der Waals surface area contributed by atoms with Gasteiger partial charge >= 0.3 is 5.97 Å². The number of para-hydroxylation sites is 1. The molecule has 6 nitrogen and oxygen atoms in total. The first-order chi connectivity index (χ1) is 13.5. The maximum absolute atomic E-state index is 12.8. The van der Waals surface area contributed by atoms with Crippen LogP contribution in [0, 0.1) is 6.92 Å². The minimum absolute atomic E-state index is 0.107. The normalized spacial score (nSPS) is 10.6. The summed E-state index contributed by atoms with van der Waals surface area (Å²) < 4.78 is 11.1. The Balaban J connectivity index is 2.00. The zero-order chi connectivity index (χ0) is 20.1. The topological polar surface area (TPSA) is 85.6 Å². The van der Waals surface area contributed by atoms with Crippen molar-refractivity contribution in [1.82, 2.24) is 5.32 Å². The highest BCUT2D eigenvalue weighted by Crippen LogP contribution is 2.27. The van der Waals surface area contributed by atoms with E-state index in [1.54, 1.807) is 19.1 Å². The Bertz CT molecular complexity index is 1070. The lowest BCUT2D eigenvalue weighted by atomic mass is 10.0. The van der Waals surface area contributed by atoms with E-state index in [1.807, 2.05) is 37.3 Å². The third kappa shape index (κ3) is 3.96. The van der Waals surface area contributed by atoms with Crippen LogP contribution in [-0.4, -0.2) is 25.0 Å². The van der Waals surface area contributed by atoms with Crippen molar-refractivity contribution in [2.45, 2.75) is 20.3 Å². The number of benzene rings is 2. The molecular weight excluding hydrogens is 358 g/mol. The van der Waals surface area contributed by atoms with Crippen LogP contribution in [0.2, 0.25) is 0 Å². The average molecular weight is 379 g/mol. The minimum Gasteiger partial charge on any atom is -0.455 e. The second kappa shape index (κ2) is 8.52. The molecule has 6 heteroatoms. The predicted octanol–water partition coefficient (Wildman–Crippen LogP) is 3.45. The van der Waals surface area contributed by atoms with Gasteiger partial charge in [-0.2, -0.15) is 0 Å². The van der Waals surface area contributed by atoms with Crippen LogP contribution in [0.5, 0.6) is 0 Å². The number of hydrogen-bond acceptors (Lipinski definition) is 5. The molecule has 0 aliphatic heterocycles. The summed E-state index contributed by atoms with van der Waals surface area (Å²) in [7, 11) is 0. The van der Waals surface area contributed by atoms with E-state index >= 15 is 0 Å². The fraction of sp³-hybridized carbons (Fsp3) is 0.227. The van der Waals surface area contributed by atoms with Gasteiger partial charge in [0.1, 0.15) is 11.3 Å². The fourth-order valence-corrected chi connectivity index (χ4v) is 2.86. The summed E-state index contributed by atoms with van der Waals surface area (Å²) in [6.45, 7) is 3.74. The Morgan fingerprint density at radius 1 is 1.07 bits per heavy atom. The monoisotopic (exact) mass is 379 g/mol. The van der Waals surface area contributed by atoms with E-state index in [2.05, 4.69) is 5.32 Å². The van der Waals surface area contributed by atoms with Gasteiger partial charge in [-0.1, -0.05) is 43.3 Å². The average Bonchev–Trinajstić information content (AvgIpc) is 2.73. The van der Waals surface area contributed by atoms with Crippen LogP contribution in [0.1, 0.15) is 29.3 Å². The molecular formula is C22H21NO5. The molecule has 28 heavy (non-hydrogen) atoms. The lowest BCUT2D eigenvalue weighted by molar-refractivity contribution is -0.124. The first kappa shape index (κ1) is 19.4. The lowest BCUT2D eigenvalue weighted by Crippen LogP contribution is -2.29. The van der Waals surface area contributed by atoms with Crippen LogP contribution in [-0.2, 0) is 9.53 Å². The van der Waals surface area contributed by atoms with Crippen LogP contribution in [0.4, 0.5) is 0 Å². The molecule has 0 radical (unpaired) electrons. The van der Waals surface area contributed by atoms with Crippen molar-refractivity contribution in [2.75, 3.05) is 13.2 Å². The molecule has 1 heterocycles. The van der Waals surface area contributed by atoms with E-state index in [1.165, 1.54) is 6.07 Å². The van der Waals surface area contributed by atoms with Gasteiger partial charge in [-0.15, -0.1) is 0 Å². The molecule has 1 aromatic heterocycles. The highest BCUT2D eigenvalue weighted by molar-refractivity contribution is 6.02. The largest absolute Gasteiger partial charge is 0.455 e. The third-order valence-corrected chi connectivity index (χ3v) is 4.31. The standard InChI is InChI=1S/C22H21NO5/c1-3-12-23-18(24)13-27-22(26)17-11-7-10-16-19(25)14(2)20(28-21(16)17)15-8-5-4-6-9-15/h4-11H,3,12-13H2,1-2H3,(H,23,24). The molecule has 2 aromatic carbocycles. The maximum atomic E-state index is 12.8. The second-order valence-corrected chi connectivity index (χ2v) is 6.36. The van der Waals surface area contributed by atoms with E-state index in [4.69, 9.17) is 9.15 Å². The number of carbonyl (C=O) groups is 2. The minimum atomic E-state index is -0.719. The van der Waals surface area contributed by atoms with Crippen LogP contribution in [0.15, 0.2) is 57.7 Å². The smallest absolute Gasteiger partial charge is 0.342 e. The summed E-state index contributed by atoms with van der Waals surface area (Å²) in [5.41, 5.74) is 1.24. The molecule has 144 valence electrons. The van der Waals surface area contributed by atoms with Crippen molar-refractivity contribution >= 4 is 22.8 Å². The van der Waals surface area contributed by atoms with Crippen molar-refractivity contribution in [2.24, 2.45) is 0 Å². The molecule has 0 aliphatic rings. The third-order valence-electron chi connectivity index (χ3n) is 4.31. The number of ether oxygens (including phenoxy) is 1. The van der Waals surface area contributed by atoms with E-state index in [0.717, 1.165) is 12.0 Å². The number of fused-ring (bicyclic) bond motifs is 1. The number of nitrogens with one attached hydrogen (secondary N) is 1. The molecule has 1 amide bonds. The highest BCUT2D eigenvalue weighted by Gasteiger charge is 2.19. The summed E-state index contributed by atoms with van der Waals surface area (Å²) in [5, 5.41) is 2.93. The molecule has 0 saturated heterocycles. The fourth-order valence-electron chi connectivity index (χ4n) is 2.86. The SMILES string of the molecule is CCCNC(=O)COC(=O)c1cccc2c(=O)c(C)c(-c3ccccc3)oc12. The molecule has 0 fully saturated rings. The zero-order valence-electron chi connectivity index (χ0n) is 15.8. The van der Waals surface area contributed by atoms with Gasteiger partial charge < -0.3 is 14.5 Å². The van der Waals surface area contributed by atoms with Gasteiger partial charge in [-0.25, -0.2) is 4.79 Å². The van der Waals surface area contributed by atoms with Gasteiger partial charge in [0, 0.05) is 17.7 Å². The molecule has 0 saturated carbocycles. The maximum Gasteiger partial charge on any atom is 0.342 e. The second-order valence-electron chi connectivity index (χ2n) is 6.36. The Kier molecular flexibility index (Phi) is 5.89. The summed E-state index contributed by atoms with van der Waals surface area (Å²) in [6, 6.07) is 13.9. The van der Waals surface area contributed by atoms with Crippen LogP contribution in [0.25, 0.3) is 22.3 Å². The molecule has 0 spiro atoms. The summed E-state index contributed by atoms with van der Waals surface area (Å²) >= 11 is 0. The van der Waals surface area contributed by atoms with Gasteiger partial charge in [0.15, 0.2) is 17.6 Å². The summed E-state index contributed by atoms with van der Waals surface area (Å²) in [6.07, 6.45) is 0.787. The van der Waals surface area contributed by atoms with Gasteiger partial charge in [0.05, 0.1) is 5.39 Å². The molecule has 3 rings (SSSR count). The van der Waals surface area contributed by atoms with E-state index < -0.39 is 12.6 Å². The van der Waals surface area contributed by atoms with Gasteiger partial charge in [-0.05, 0) is 25.5 Å². The molecule has 0 atom stereocenters. The van der Waals surface area contributed by atoms with Crippen LogP contribution >= 0.6 is 0 Å². The Labute approximate surface area is 162 Å². The van der Waals surface area contributed by atoms with Crippen molar-refractivity contribution in [3.05, 3.63) is 69.9 Å². The van der Waals surface area contributed by atoms with E-state index in [-0.39, 0.29) is 22.5 Å². The molecule has 0 aliphatic carbocycles. The summed E-state index contributed by atoms with van der Waals surface area (Å²) in [5.74, 6) is -0.694. The number of amides is 1. The zero-order valence-corrected chi connectivity index (χ0v) is 15.8. The van der Waals surface area contributed by atoms with Gasteiger partial charge in [-0.3, -0.25) is 9.59 Å². The predicted molar refractivity (Wildman–Crippen MR) is 106 cm³/mol. The van der Waals surface area contributed by atoms with Crippen LogP contribution in [0.3, 0.4) is 0 Å². The van der Waals surface area contributed by atoms with Crippen LogP contribution < -0.4 is 10.7 Å². The van der Waals surface area contributed by atoms with Crippen molar-refractivity contribution in [3.63, 3.8) is 0 Å². The first-order valence-electron chi connectivity index (χ1n) is 9.08. The van der Waals surface area contributed by atoms with E-state index in [9.17, 15) is 14.4 Å². The lowest BCUT2D eigenvalue weighted by Gasteiger charge is -2.10. The Morgan fingerprint density at radius 2 is 1.82 bits per heavy atom. The summed E-state index contributed by atoms with van der Waals surface area (Å²) in [4.78, 5) is 37.0. The van der Waals surface area contributed by atoms with Crippen molar-refractivity contribution in [3.8, 4) is 11.3 Å². The number of rotatable bonds is 6. The number of hydrogen-bond donors (Lipinski definition) is 1. The Hall–Kier alpha value is -3.41.